The number of carboxylic acids is 1. The Morgan fingerprint density at radius 3 is 1.97 bits per heavy atom. The zero-order valence-electron chi connectivity index (χ0n) is 19.0. The van der Waals surface area contributed by atoms with Crippen LogP contribution < -0.4 is 10.4 Å². The van der Waals surface area contributed by atoms with Gasteiger partial charge in [0.15, 0.2) is 0 Å². The molecule has 1 amide bonds. The van der Waals surface area contributed by atoms with Gasteiger partial charge in [0.2, 0.25) is 5.91 Å². The summed E-state index contributed by atoms with van der Waals surface area (Å²) in [5, 5.41) is 13.8. The fourth-order valence-electron chi connectivity index (χ4n) is 4.21. The summed E-state index contributed by atoms with van der Waals surface area (Å²) in [6, 6.07) is 0. The molecule has 1 rings (SSSR count). The number of nitrogens with zero attached hydrogens (tertiary/aromatic N) is 1. The number of aliphatic carboxylic acids is 1. The van der Waals surface area contributed by atoms with Crippen LogP contribution >= 0.6 is 0 Å². The van der Waals surface area contributed by atoms with Crippen LogP contribution in [0.5, 0.6) is 0 Å². The SMILES string of the molecule is CCCCCCCCCCCCCC(=O)NC[C@@H]1C[N+](C)(C)C[C@H](CC(=O)[O-])O1. The second kappa shape index (κ2) is 14.8. The Kier molecular flexibility index (Phi) is 13.2. The van der Waals surface area contributed by atoms with Gasteiger partial charge in [0, 0.05) is 25.4 Å². The second-order valence-corrected chi connectivity index (χ2v) is 9.35. The maximum atomic E-state index is 12.1. The summed E-state index contributed by atoms with van der Waals surface area (Å²) < 4.78 is 6.53. The molecule has 2 atom stereocenters. The summed E-state index contributed by atoms with van der Waals surface area (Å²) in [5.41, 5.74) is 0. The predicted octanol–water partition coefficient (Wildman–Crippen LogP) is 2.79. The highest BCUT2D eigenvalue weighted by Gasteiger charge is 2.34. The van der Waals surface area contributed by atoms with Gasteiger partial charge in [0.25, 0.3) is 0 Å². The Labute approximate surface area is 178 Å². The number of ether oxygens (including phenoxy) is 1. The van der Waals surface area contributed by atoms with Crippen LogP contribution in [0.25, 0.3) is 0 Å². The Hall–Kier alpha value is -1.14. The molecule has 6 heteroatoms. The summed E-state index contributed by atoms with van der Waals surface area (Å²) in [7, 11) is 4.12. The number of carbonyl (C=O) groups excluding carboxylic acids is 2. The van der Waals surface area contributed by atoms with Gasteiger partial charge in [-0.25, -0.2) is 0 Å². The molecule has 170 valence electrons. The Balaban J connectivity index is 2.05. The first-order valence-electron chi connectivity index (χ1n) is 11.8. The van der Waals surface area contributed by atoms with Crippen molar-refractivity contribution < 1.29 is 23.9 Å². The third-order valence-electron chi connectivity index (χ3n) is 5.71. The van der Waals surface area contributed by atoms with Gasteiger partial charge in [-0.1, -0.05) is 71.1 Å². The average molecular weight is 413 g/mol. The van der Waals surface area contributed by atoms with Crippen LogP contribution in [-0.2, 0) is 14.3 Å². The van der Waals surface area contributed by atoms with Gasteiger partial charge < -0.3 is 24.4 Å². The molecule has 29 heavy (non-hydrogen) atoms. The van der Waals surface area contributed by atoms with E-state index in [9.17, 15) is 14.7 Å². The van der Waals surface area contributed by atoms with Crippen molar-refractivity contribution in [2.75, 3.05) is 33.7 Å². The van der Waals surface area contributed by atoms with Gasteiger partial charge in [-0.2, -0.15) is 0 Å². The Morgan fingerprint density at radius 2 is 1.41 bits per heavy atom. The van der Waals surface area contributed by atoms with Gasteiger partial charge in [0.05, 0.1) is 14.1 Å². The minimum atomic E-state index is -1.09. The highest BCUT2D eigenvalue weighted by molar-refractivity contribution is 5.75. The molecular weight excluding hydrogens is 368 g/mol. The Bertz CT molecular complexity index is 468. The number of hydrogen-bond donors (Lipinski definition) is 1. The number of unbranched alkanes of at least 4 members (excludes halogenated alkanes) is 10. The molecule has 0 aromatic rings. The van der Waals surface area contributed by atoms with Crippen molar-refractivity contribution >= 4 is 11.9 Å². The minimum absolute atomic E-state index is 0.0665. The zero-order chi connectivity index (χ0) is 21.5. The molecule has 0 radical (unpaired) electrons. The summed E-state index contributed by atoms with van der Waals surface area (Å²) >= 11 is 0. The first kappa shape index (κ1) is 25.9. The topological polar surface area (TPSA) is 78.5 Å². The lowest BCUT2D eigenvalue weighted by atomic mass is 10.1. The molecule has 1 saturated heterocycles. The van der Waals surface area contributed by atoms with E-state index in [4.69, 9.17) is 4.74 Å². The van der Waals surface area contributed by atoms with E-state index in [-0.39, 0.29) is 24.5 Å². The molecule has 1 N–H and O–H groups in total. The summed E-state index contributed by atoms with van der Waals surface area (Å²) in [6.45, 7) is 4.11. The number of carbonyl (C=O) groups is 2. The highest BCUT2D eigenvalue weighted by atomic mass is 16.5. The van der Waals surface area contributed by atoms with Crippen molar-refractivity contribution in [3.8, 4) is 0 Å². The Morgan fingerprint density at radius 1 is 0.897 bits per heavy atom. The van der Waals surface area contributed by atoms with Gasteiger partial charge in [-0.15, -0.1) is 0 Å². The molecule has 0 aromatic carbocycles. The van der Waals surface area contributed by atoms with E-state index in [1.807, 2.05) is 0 Å². The summed E-state index contributed by atoms with van der Waals surface area (Å²) in [5.74, 6) is -1.02. The van der Waals surface area contributed by atoms with Gasteiger partial charge in [-0.05, 0) is 6.42 Å². The maximum absolute atomic E-state index is 12.1. The first-order chi connectivity index (χ1) is 13.8. The van der Waals surface area contributed by atoms with Crippen LogP contribution in [0, 0.1) is 0 Å². The number of nitrogens with one attached hydrogen (secondary N) is 1. The van der Waals surface area contributed by atoms with Crippen LogP contribution in [0.4, 0.5) is 0 Å². The van der Waals surface area contributed by atoms with Crippen LogP contribution in [0.15, 0.2) is 0 Å². The van der Waals surface area contributed by atoms with Crippen LogP contribution in [-0.4, -0.2) is 62.3 Å². The van der Waals surface area contributed by atoms with Crippen LogP contribution in [0.1, 0.15) is 90.4 Å². The molecule has 0 aromatic heterocycles. The molecule has 0 spiro atoms. The summed E-state index contributed by atoms with van der Waals surface area (Å²) in [4.78, 5) is 23.0. The van der Waals surface area contributed by atoms with E-state index in [0.717, 1.165) is 19.4 Å². The molecule has 1 fully saturated rings. The van der Waals surface area contributed by atoms with E-state index >= 15 is 0 Å². The second-order valence-electron chi connectivity index (χ2n) is 9.35. The standard InChI is InChI=1S/C23H44N2O4/c1-4-5-6-7-8-9-10-11-12-13-14-15-22(26)24-17-21-19-25(2,3)18-20(29-21)16-23(27)28/h20-21H,4-19H2,1-3H3,(H-,24,26,27,28)/t20-,21+/m0/s1. The lowest BCUT2D eigenvalue weighted by Gasteiger charge is -2.42. The molecule has 1 aliphatic rings. The quantitative estimate of drug-likeness (QED) is 0.312. The lowest BCUT2D eigenvalue weighted by Crippen LogP contribution is -2.59. The fraction of sp³-hybridized carbons (Fsp3) is 0.913. The number of carboxylic acid groups (broad SMARTS) is 1. The normalized spacial score (nSPS) is 21.1. The lowest BCUT2D eigenvalue weighted by molar-refractivity contribution is -0.905. The molecule has 0 aliphatic carbocycles. The van der Waals surface area contributed by atoms with Crippen molar-refractivity contribution in [1.29, 1.82) is 0 Å². The molecule has 0 unspecified atom stereocenters. The minimum Gasteiger partial charge on any atom is -0.550 e. The molecule has 1 heterocycles. The van der Waals surface area contributed by atoms with E-state index in [1.165, 1.54) is 57.8 Å². The van der Waals surface area contributed by atoms with Crippen molar-refractivity contribution in [1.82, 2.24) is 5.32 Å². The maximum Gasteiger partial charge on any atom is 0.220 e. The van der Waals surface area contributed by atoms with Crippen LogP contribution in [0.2, 0.25) is 0 Å². The summed E-state index contributed by atoms with van der Waals surface area (Å²) in [6.07, 6.45) is 14.0. The monoisotopic (exact) mass is 412 g/mol. The largest absolute Gasteiger partial charge is 0.550 e. The van der Waals surface area contributed by atoms with E-state index in [1.54, 1.807) is 0 Å². The number of hydrogen-bond acceptors (Lipinski definition) is 4. The third-order valence-corrected chi connectivity index (χ3v) is 5.71. The number of likely N-dealkylation sites (N-methyl/N-ethyl adjacent to an activating group) is 1. The van der Waals surface area contributed by atoms with E-state index < -0.39 is 5.97 Å². The smallest absolute Gasteiger partial charge is 0.220 e. The van der Waals surface area contributed by atoms with Crippen molar-refractivity contribution in [2.24, 2.45) is 0 Å². The predicted molar refractivity (Wildman–Crippen MR) is 114 cm³/mol. The third kappa shape index (κ3) is 13.7. The molecule has 6 nitrogen and oxygen atoms in total. The molecule has 1 aliphatic heterocycles. The van der Waals surface area contributed by atoms with E-state index in [2.05, 4.69) is 26.3 Å². The van der Waals surface area contributed by atoms with Gasteiger partial charge >= 0.3 is 0 Å². The first-order valence-corrected chi connectivity index (χ1v) is 11.8. The molecule has 0 saturated carbocycles. The van der Waals surface area contributed by atoms with Crippen molar-refractivity contribution in [3.05, 3.63) is 0 Å². The van der Waals surface area contributed by atoms with Gasteiger partial charge in [0.1, 0.15) is 25.3 Å². The average Bonchev–Trinajstić information content (AvgIpc) is 2.62. The van der Waals surface area contributed by atoms with Crippen molar-refractivity contribution in [3.63, 3.8) is 0 Å². The zero-order valence-corrected chi connectivity index (χ0v) is 19.0. The number of rotatable bonds is 16. The van der Waals surface area contributed by atoms with E-state index in [0.29, 0.717) is 24.0 Å². The van der Waals surface area contributed by atoms with Gasteiger partial charge in [-0.3, -0.25) is 4.79 Å². The molecular formula is C23H44N2O4. The fourth-order valence-corrected chi connectivity index (χ4v) is 4.21. The van der Waals surface area contributed by atoms with Crippen molar-refractivity contribution in [2.45, 2.75) is 103 Å². The number of morpholine rings is 1. The number of amides is 1. The highest BCUT2D eigenvalue weighted by Crippen LogP contribution is 2.17. The molecule has 0 bridgehead atoms. The number of quaternary nitrogens is 1. The van der Waals surface area contributed by atoms with Crippen LogP contribution in [0.3, 0.4) is 0 Å².